The summed E-state index contributed by atoms with van der Waals surface area (Å²) in [6.07, 6.45) is 0.444. The first-order chi connectivity index (χ1) is 11.1. The number of benzene rings is 1. The molecule has 5 N–H and O–H groups in total. The van der Waals surface area contributed by atoms with Crippen molar-refractivity contribution >= 4 is 23.1 Å². The molecule has 1 aromatic rings. The highest BCUT2D eigenvalue weighted by Crippen LogP contribution is 2.24. The Bertz CT molecular complexity index is 644. The molecule has 0 saturated heterocycles. The lowest BCUT2D eigenvalue weighted by Gasteiger charge is -2.11. The van der Waals surface area contributed by atoms with Gasteiger partial charge in [0.1, 0.15) is 6.04 Å². The number of nitrogens with zero attached hydrogens (tertiary/aromatic N) is 2. The van der Waals surface area contributed by atoms with Gasteiger partial charge in [0.25, 0.3) is 11.4 Å². The van der Waals surface area contributed by atoms with Crippen molar-refractivity contribution in [3.05, 3.63) is 44.0 Å². The zero-order chi connectivity index (χ0) is 18.4. The molecule has 0 amide bonds. The number of carboxylic acids is 1. The Morgan fingerprint density at radius 1 is 1.00 bits per heavy atom. The van der Waals surface area contributed by atoms with E-state index in [1.54, 1.807) is 0 Å². The van der Waals surface area contributed by atoms with Gasteiger partial charge < -0.3 is 16.6 Å². The van der Waals surface area contributed by atoms with Gasteiger partial charge in [0.05, 0.1) is 22.0 Å². The average Bonchev–Trinajstić information content (AvgIpc) is 2.52. The fourth-order valence-corrected chi connectivity index (χ4v) is 1.97. The fraction of sp³-hybridized carbons (Fsp3) is 0.385. The Kier molecular flexibility index (Phi) is 6.44. The summed E-state index contributed by atoms with van der Waals surface area (Å²) < 4.78 is 0. The SMILES string of the molecule is NC(CCCC(N)C(=O)c1cc([N+](=O)[O-])cc([N+](=O)[O-])c1)C(=O)O. The van der Waals surface area contributed by atoms with Crippen molar-refractivity contribution in [1.82, 2.24) is 0 Å². The number of carboxylic acid groups (broad SMARTS) is 1. The molecule has 0 saturated carbocycles. The first-order valence-corrected chi connectivity index (χ1v) is 6.85. The van der Waals surface area contributed by atoms with Crippen LogP contribution in [0.25, 0.3) is 0 Å². The van der Waals surface area contributed by atoms with Gasteiger partial charge in [-0.1, -0.05) is 0 Å². The minimum absolute atomic E-state index is 0.0936. The second-order valence-corrected chi connectivity index (χ2v) is 5.10. The van der Waals surface area contributed by atoms with Gasteiger partial charge in [-0.15, -0.1) is 0 Å². The van der Waals surface area contributed by atoms with Gasteiger partial charge in [-0.05, 0) is 19.3 Å². The van der Waals surface area contributed by atoms with Crippen LogP contribution in [0.15, 0.2) is 18.2 Å². The van der Waals surface area contributed by atoms with E-state index in [0.29, 0.717) is 0 Å². The minimum Gasteiger partial charge on any atom is -0.480 e. The second kappa shape index (κ2) is 8.08. The van der Waals surface area contributed by atoms with E-state index in [1.165, 1.54) is 0 Å². The van der Waals surface area contributed by atoms with Crippen LogP contribution in [0.3, 0.4) is 0 Å². The summed E-state index contributed by atoms with van der Waals surface area (Å²) in [4.78, 5) is 42.7. The van der Waals surface area contributed by atoms with Crippen molar-refractivity contribution in [3.8, 4) is 0 Å². The zero-order valence-electron chi connectivity index (χ0n) is 12.5. The number of nitro groups is 2. The summed E-state index contributed by atoms with van der Waals surface area (Å²) >= 11 is 0. The Balaban J connectivity index is 2.87. The molecule has 130 valence electrons. The number of nitrogens with two attached hydrogens (primary N) is 2. The van der Waals surface area contributed by atoms with Crippen molar-refractivity contribution in [2.75, 3.05) is 0 Å². The molecule has 0 radical (unpaired) electrons. The maximum Gasteiger partial charge on any atom is 0.320 e. The Morgan fingerprint density at radius 3 is 1.88 bits per heavy atom. The molecule has 1 aromatic carbocycles. The third-order valence-corrected chi connectivity index (χ3v) is 3.29. The molecule has 2 atom stereocenters. The second-order valence-electron chi connectivity index (χ2n) is 5.10. The lowest BCUT2D eigenvalue weighted by molar-refractivity contribution is -0.394. The topological polar surface area (TPSA) is 193 Å². The van der Waals surface area contributed by atoms with Crippen LogP contribution in [0.1, 0.15) is 29.6 Å². The highest BCUT2D eigenvalue weighted by Gasteiger charge is 2.23. The molecule has 2 unspecified atom stereocenters. The van der Waals surface area contributed by atoms with Crippen molar-refractivity contribution in [2.45, 2.75) is 31.3 Å². The highest BCUT2D eigenvalue weighted by atomic mass is 16.6. The summed E-state index contributed by atoms with van der Waals surface area (Å²) in [6, 6.07) is 0.420. The third kappa shape index (κ3) is 5.07. The number of non-ortho nitro benzene ring substituents is 2. The predicted octanol–water partition coefficient (Wildman–Crippen LogP) is 0.595. The van der Waals surface area contributed by atoms with Crippen LogP contribution in [0, 0.1) is 20.2 Å². The summed E-state index contributed by atoms with van der Waals surface area (Å²) in [6.45, 7) is 0. The normalized spacial score (nSPS) is 13.1. The van der Waals surface area contributed by atoms with Gasteiger partial charge in [-0.3, -0.25) is 29.8 Å². The number of carbonyl (C=O) groups is 2. The highest BCUT2D eigenvalue weighted by molar-refractivity contribution is 6.01. The van der Waals surface area contributed by atoms with Crippen LogP contribution in [-0.2, 0) is 4.79 Å². The Hall–Kier alpha value is -2.92. The van der Waals surface area contributed by atoms with Crippen molar-refractivity contribution in [2.24, 2.45) is 11.5 Å². The van der Waals surface area contributed by atoms with Crippen LogP contribution in [0.4, 0.5) is 11.4 Å². The summed E-state index contributed by atoms with van der Waals surface area (Å²) in [5, 5.41) is 30.3. The predicted molar refractivity (Wildman–Crippen MR) is 81.5 cm³/mol. The van der Waals surface area contributed by atoms with Crippen LogP contribution < -0.4 is 11.5 Å². The molecule has 11 heteroatoms. The molecule has 0 heterocycles. The molecule has 0 aromatic heterocycles. The van der Waals surface area contributed by atoms with E-state index in [9.17, 15) is 29.8 Å². The number of carbonyl (C=O) groups excluding carboxylic acids is 1. The number of hydrogen-bond donors (Lipinski definition) is 3. The summed E-state index contributed by atoms with van der Waals surface area (Å²) in [5.41, 5.74) is 9.58. The molecule has 0 aliphatic heterocycles. The Labute approximate surface area is 135 Å². The fourth-order valence-electron chi connectivity index (χ4n) is 1.97. The standard InChI is InChI=1S/C13H16N4O7/c14-10(2-1-3-11(15)13(19)20)12(18)7-4-8(16(21)22)6-9(5-7)17(23)24/h4-6,10-11H,1-3,14-15H2,(H,19,20). The smallest absolute Gasteiger partial charge is 0.320 e. The first kappa shape index (κ1) is 19.1. The molecule has 0 aliphatic rings. The lowest BCUT2D eigenvalue weighted by atomic mass is 9.98. The number of Topliss-reactive ketones (excluding diaryl/α,β-unsaturated/α-hetero) is 1. The van der Waals surface area contributed by atoms with Crippen molar-refractivity contribution in [1.29, 1.82) is 0 Å². The largest absolute Gasteiger partial charge is 0.480 e. The molecule has 11 nitrogen and oxygen atoms in total. The molecular weight excluding hydrogens is 324 g/mol. The molecule has 1 rings (SSSR count). The van der Waals surface area contributed by atoms with Gasteiger partial charge in [-0.2, -0.15) is 0 Å². The molecular formula is C13H16N4O7. The van der Waals surface area contributed by atoms with Gasteiger partial charge in [0.15, 0.2) is 5.78 Å². The monoisotopic (exact) mass is 340 g/mol. The number of rotatable bonds is 9. The lowest BCUT2D eigenvalue weighted by Crippen LogP contribution is -2.33. The van der Waals surface area contributed by atoms with Crippen LogP contribution in [0.5, 0.6) is 0 Å². The van der Waals surface area contributed by atoms with Crippen molar-refractivity contribution in [3.63, 3.8) is 0 Å². The molecule has 0 spiro atoms. The summed E-state index contributed by atoms with van der Waals surface area (Å²) in [7, 11) is 0. The van der Waals surface area contributed by atoms with Crippen molar-refractivity contribution < 1.29 is 24.5 Å². The molecule has 0 fully saturated rings. The average molecular weight is 340 g/mol. The zero-order valence-corrected chi connectivity index (χ0v) is 12.5. The van der Waals surface area contributed by atoms with Gasteiger partial charge >= 0.3 is 5.97 Å². The van der Waals surface area contributed by atoms with E-state index in [-0.39, 0.29) is 24.8 Å². The van der Waals surface area contributed by atoms with E-state index in [4.69, 9.17) is 16.6 Å². The van der Waals surface area contributed by atoms with E-state index in [0.717, 1.165) is 18.2 Å². The number of aliphatic carboxylic acids is 1. The number of nitro benzene ring substituents is 2. The quantitative estimate of drug-likeness (QED) is 0.327. The maximum atomic E-state index is 12.2. The van der Waals surface area contributed by atoms with E-state index in [1.807, 2.05) is 0 Å². The summed E-state index contributed by atoms with van der Waals surface area (Å²) in [5.74, 6) is -1.88. The van der Waals surface area contributed by atoms with E-state index >= 15 is 0 Å². The first-order valence-electron chi connectivity index (χ1n) is 6.85. The Morgan fingerprint density at radius 2 is 1.46 bits per heavy atom. The maximum absolute atomic E-state index is 12.2. The van der Waals surface area contributed by atoms with Crippen LogP contribution >= 0.6 is 0 Å². The van der Waals surface area contributed by atoms with Crippen LogP contribution in [-0.4, -0.2) is 38.8 Å². The van der Waals surface area contributed by atoms with E-state index < -0.39 is 45.1 Å². The molecule has 0 aliphatic carbocycles. The third-order valence-electron chi connectivity index (χ3n) is 3.29. The molecule has 24 heavy (non-hydrogen) atoms. The van der Waals surface area contributed by atoms with Gasteiger partial charge in [0.2, 0.25) is 0 Å². The van der Waals surface area contributed by atoms with Gasteiger partial charge in [0, 0.05) is 17.7 Å². The minimum atomic E-state index is -1.18. The van der Waals surface area contributed by atoms with Gasteiger partial charge in [-0.25, -0.2) is 0 Å². The van der Waals surface area contributed by atoms with E-state index in [2.05, 4.69) is 0 Å². The number of hydrogen-bond acceptors (Lipinski definition) is 8. The van der Waals surface area contributed by atoms with Crippen LogP contribution in [0.2, 0.25) is 0 Å². The number of ketones is 1. The molecule has 0 bridgehead atoms.